The van der Waals surface area contributed by atoms with Crippen LogP contribution in [0.3, 0.4) is 0 Å². The molecule has 3 N–H and O–H groups in total. The van der Waals surface area contributed by atoms with Crippen LogP contribution in [-0.4, -0.2) is 69.7 Å². The minimum atomic E-state index is -1.37. The summed E-state index contributed by atoms with van der Waals surface area (Å²) in [5.74, 6) is -0.729. The predicted molar refractivity (Wildman–Crippen MR) is 114 cm³/mol. The van der Waals surface area contributed by atoms with Crippen molar-refractivity contribution in [2.24, 2.45) is 11.8 Å². The molecule has 1 aromatic carbocycles. The number of benzene rings is 1. The number of ether oxygens (including phenoxy) is 1. The van der Waals surface area contributed by atoms with Crippen molar-refractivity contribution in [3.8, 4) is 0 Å². The van der Waals surface area contributed by atoms with E-state index in [1.54, 1.807) is 13.8 Å². The van der Waals surface area contributed by atoms with Crippen molar-refractivity contribution in [3.05, 3.63) is 35.9 Å². The minimum absolute atomic E-state index is 0.00701. The summed E-state index contributed by atoms with van der Waals surface area (Å²) in [6.45, 7) is 7.23. The van der Waals surface area contributed by atoms with Crippen molar-refractivity contribution < 1.29 is 29.3 Å². The van der Waals surface area contributed by atoms with Crippen molar-refractivity contribution in [2.45, 2.75) is 58.9 Å². The van der Waals surface area contributed by atoms with Crippen LogP contribution >= 0.6 is 0 Å². The molecular formula is C22H33N3O6. The Morgan fingerprint density at radius 2 is 1.87 bits per heavy atom. The molecule has 1 heterocycles. The lowest BCUT2D eigenvalue weighted by Crippen LogP contribution is -2.57. The van der Waals surface area contributed by atoms with Gasteiger partial charge in [-0.25, -0.2) is 14.5 Å². The standard InChI is InChI=1S/C22H33N3O6/c1-5-15(4)12-24(22(29)30)21(28)23-18(14(2)3)19(26)25-13-31-20(27)17(25)11-16-9-7-6-8-10-16/h6-10,14-15,17-18,20,27H,5,11-13H2,1-4H3,(H,23,28)(H,29,30). The third-order valence-electron chi connectivity index (χ3n) is 5.56. The van der Waals surface area contributed by atoms with Crippen LogP contribution in [0.1, 0.15) is 39.7 Å². The molecule has 9 heteroatoms. The van der Waals surface area contributed by atoms with Crippen LogP contribution in [0, 0.1) is 11.8 Å². The number of carbonyl (C=O) groups is 3. The van der Waals surface area contributed by atoms with Gasteiger partial charge in [-0.1, -0.05) is 64.4 Å². The number of hydrogen-bond donors (Lipinski definition) is 3. The summed E-state index contributed by atoms with van der Waals surface area (Å²) < 4.78 is 5.30. The number of aliphatic hydroxyl groups excluding tert-OH is 1. The van der Waals surface area contributed by atoms with E-state index in [1.807, 2.05) is 44.2 Å². The average molecular weight is 436 g/mol. The summed E-state index contributed by atoms with van der Waals surface area (Å²) in [7, 11) is 0. The smallest absolute Gasteiger partial charge is 0.415 e. The molecule has 4 atom stereocenters. The second kappa shape index (κ2) is 11.1. The lowest BCUT2D eigenvalue weighted by Gasteiger charge is -2.31. The highest BCUT2D eigenvalue weighted by Crippen LogP contribution is 2.22. The Kier molecular flexibility index (Phi) is 8.82. The van der Waals surface area contributed by atoms with Gasteiger partial charge in [0.05, 0.1) is 6.04 Å². The molecule has 1 aromatic rings. The molecule has 0 bridgehead atoms. The van der Waals surface area contributed by atoms with Crippen LogP contribution in [0.4, 0.5) is 9.59 Å². The van der Waals surface area contributed by atoms with Crippen LogP contribution in [0.5, 0.6) is 0 Å². The third kappa shape index (κ3) is 6.41. The molecule has 4 amide bonds. The van der Waals surface area contributed by atoms with E-state index in [4.69, 9.17) is 4.74 Å². The molecule has 31 heavy (non-hydrogen) atoms. The molecule has 1 fully saturated rings. The fraction of sp³-hybridized carbons (Fsp3) is 0.591. The van der Waals surface area contributed by atoms with Gasteiger partial charge < -0.3 is 25.2 Å². The van der Waals surface area contributed by atoms with E-state index < -0.39 is 36.4 Å². The number of hydrogen-bond acceptors (Lipinski definition) is 5. The zero-order valence-corrected chi connectivity index (χ0v) is 18.5. The first-order valence-electron chi connectivity index (χ1n) is 10.6. The number of rotatable bonds is 8. The maximum atomic E-state index is 13.3. The molecule has 0 saturated carbocycles. The lowest BCUT2D eigenvalue weighted by molar-refractivity contribution is -0.136. The van der Waals surface area contributed by atoms with Gasteiger partial charge in [-0.05, 0) is 23.8 Å². The Morgan fingerprint density at radius 3 is 2.42 bits per heavy atom. The molecule has 0 aliphatic carbocycles. The lowest BCUT2D eigenvalue weighted by atomic mass is 10.00. The van der Waals surface area contributed by atoms with Crippen molar-refractivity contribution in [1.29, 1.82) is 0 Å². The summed E-state index contributed by atoms with van der Waals surface area (Å²) in [4.78, 5) is 39.7. The molecule has 1 aliphatic heterocycles. The average Bonchev–Trinajstić information content (AvgIpc) is 3.09. The fourth-order valence-electron chi connectivity index (χ4n) is 3.40. The molecule has 1 aliphatic rings. The monoisotopic (exact) mass is 435 g/mol. The highest BCUT2D eigenvalue weighted by Gasteiger charge is 2.41. The van der Waals surface area contributed by atoms with Gasteiger partial charge >= 0.3 is 12.1 Å². The second-order valence-corrected chi connectivity index (χ2v) is 8.33. The van der Waals surface area contributed by atoms with Gasteiger partial charge in [-0.3, -0.25) is 4.79 Å². The van der Waals surface area contributed by atoms with E-state index in [-0.39, 0.29) is 25.1 Å². The van der Waals surface area contributed by atoms with Gasteiger partial charge in [0.1, 0.15) is 12.8 Å². The van der Waals surface area contributed by atoms with Crippen LogP contribution in [0.2, 0.25) is 0 Å². The quantitative estimate of drug-likeness (QED) is 0.577. The SMILES string of the molecule is CCC(C)CN(C(=O)O)C(=O)NC(C(=O)N1COC(O)C1Cc1ccccc1)C(C)C. The largest absolute Gasteiger partial charge is 0.465 e. The Balaban J connectivity index is 2.16. The highest BCUT2D eigenvalue weighted by molar-refractivity contribution is 5.93. The van der Waals surface area contributed by atoms with E-state index in [0.29, 0.717) is 17.7 Å². The number of carbonyl (C=O) groups excluding carboxylic acids is 2. The predicted octanol–water partition coefficient (Wildman–Crippen LogP) is 2.49. The fourth-order valence-corrected chi connectivity index (χ4v) is 3.40. The summed E-state index contributed by atoms with van der Waals surface area (Å²) in [5.41, 5.74) is 0.936. The minimum Gasteiger partial charge on any atom is -0.465 e. The summed E-state index contributed by atoms with van der Waals surface area (Å²) >= 11 is 0. The van der Waals surface area contributed by atoms with Gasteiger partial charge in [0.2, 0.25) is 5.91 Å². The maximum absolute atomic E-state index is 13.3. The van der Waals surface area contributed by atoms with E-state index in [0.717, 1.165) is 5.56 Å². The zero-order chi connectivity index (χ0) is 23.1. The molecule has 4 unspecified atom stereocenters. The second-order valence-electron chi connectivity index (χ2n) is 8.33. The third-order valence-corrected chi connectivity index (χ3v) is 5.56. The van der Waals surface area contributed by atoms with Crippen LogP contribution in [0.15, 0.2) is 30.3 Å². The van der Waals surface area contributed by atoms with Crippen molar-refractivity contribution >= 4 is 18.0 Å². The van der Waals surface area contributed by atoms with Gasteiger partial charge in [0.15, 0.2) is 6.29 Å². The molecule has 0 radical (unpaired) electrons. The number of amides is 4. The molecule has 0 spiro atoms. The Morgan fingerprint density at radius 1 is 1.23 bits per heavy atom. The van der Waals surface area contributed by atoms with Gasteiger partial charge in [0.25, 0.3) is 0 Å². The topological polar surface area (TPSA) is 119 Å². The van der Waals surface area contributed by atoms with Gasteiger partial charge in [-0.2, -0.15) is 0 Å². The van der Waals surface area contributed by atoms with Crippen LogP contribution in [-0.2, 0) is 16.0 Å². The Hall–Kier alpha value is -2.65. The van der Waals surface area contributed by atoms with Gasteiger partial charge in [-0.15, -0.1) is 0 Å². The molecule has 172 valence electrons. The number of nitrogens with one attached hydrogen (secondary N) is 1. The Bertz CT molecular complexity index is 757. The Labute approximate surface area is 183 Å². The van der Waals surface area contributed by atoms with Crippen molar-refractivity contribution in [1.82, 2.24) is 15.1 Å². The van der Waals surface area contributed by atoms with Gasteiger partial charge in [0, 0.05) is 6.54 Å². The van der Waals surface area contributed by atoms with E-state index in [9.17, 15) is 24.6 Å². The number of aliphatic hydroxyl groups is 1. The molecule has 0 aromatic heterocycles. The van der Waals surface area contributed by atoms with E-state index in [1.165, 1.54) is 4.90 Å². The van der Waals surface area contributed by atoms with E-state index >= 15 is 0 Å². The maximum Gasteiger partial charge on any atom is 0.415 e. The summed E-state index contributed by atoms with van der Waals surface area (Å²) in [6.07, 6.45) is -1.40. The highest BCUT2D eigenvalue weighted by atomic mass is 16.6. The molecule has 1 saturated heterocycles. The number of imide groups is 1. The number of nitrogens with zero attached hydrogens (tertiary/aromatic N) is 2. The molecular weight excluding hydrogens is 402 g/mol. The van der Waals surface area contributed by atoms with E-state index in [2.05, 4.69) is 5.32 Å². The zero-order valence-electron chi connectivity index (χ0n) is 18.5. The number of urea groups is 1. The van der Waals surface area contributed by atoms with Crippen molar-refractivity contribution in [2.75, 3.05) is 13.3 Å². The van der Waals surface area contributed by atoms with Crippen LogP contribution in [0.25, 0.3) is 0 Å². The summed E-state index contributed by atoms with van der Waals surface area (Å²) in [5, 5.41) is 22.3. The normalized spacial score (nSPS) is 20.4. The molecule has 2 rings (SSSR count). The van der Waals surface area contributed by atoms with Crippen LogP contribution < -0.4 is 5.32 Å². The first-order chi connectivity index (χ1) is 14.6. The summed E-state index contributed by atoms with van der Waals surface area (Å²) in [6, 6.07) is 7.02. The number of carboxylic acid groups (broad SMARTS) is 1. The van der Waals surface area contributed by atoms with Crippen molar-refractivity contribution in [3.63, 3.8) is 0 Å². The first-order valence-corrected chi connectivity index (χ1v) is 10.6. The molecule has 9 nitrogen and oxygen atoms in total. The first kappa shape index (κ1) is 24.6.